The van der Waals surface area contributed by atoms with E-state index in [-0.39, 0.29) is 0 Å². The number of carbonyl (C=O) groups excluding carboxylic acids is 1. The van der Waals surface area contributed by atoms with Gasteiger partial charge in [0.2, 0.25) is 17.8 Å². The molecule has 27 heavy (non-hydrogen) atoms. The van der Waals surface area contributed by atoms with Gasteiger partial charge >= 0.3 is 0 Å². The third-order valence-corrected chi connectivity index (χ3v) is 4.21. The van der Waals surface area contributed by atoms with E-state index in [0.717, 1.165) is 0 Å². The number of hydrogen-bond donors (Lipinski definition) is 0. The average molecular weight is 375 g/mol. The van der Waals surface area contributed by atoms with Crippen molar-refractivity contribution in [3.63, 3.8) is 0 Å². The molecule has 0 amide bonds. The molecule has 7 heteroatoms. The highest BCUT2D eigenvalue weighted by molar-refractivity contribution is 5.76. The zero-order valence-electron chi connectivity index (χ0n) is 16.2. The lowest BCUT2D eigenvalue weighted by Gasteiger charge is -2.22. The normalized spacial score (nSPS) is 10.3. The number of ether oxygens (including phenoxy) is 6. The average Bonchev–Trinajstić information content (AvgIpc) is 2.72. The molecular weight excluding hydrogens is 352 g/mol. The van der Waals surface area contributed by atoms with Gasteiger partial charge in [-0.15, -0.1) is 0 Å². The highest BCUT2D eigenvalue weighted by atomic mass is 16.5. The van der Waals surface area contributed by atoms with Crippen LogP contribution < -0.4 is 28.4 Å². The van der Waals surface area contributed by atoms with Crippen LogP contribution >= 0.6 is 0 Å². The maximum atomic E-state index is 12.0. The highest BCUT2D eigenvalue weighted by Gasteiger charge is 2.28. The van der Waals surface area contributed by atoms with E-state index in [9.17, 15) is 4.79 Å². The lowest BCUT2D eigenvalue weighted by molar-refractivity contribution is 0.319. The molecule has 0 unspecified atom stereocenters. The largest absolute Gasteiger partial charge is 0.493 e. The molecule has 0 fully saturated rings. The summed E-state index contributed by atoms with van der Waals surface area (Å²) in [5.41, 5.74) is 1.10. The second kappa shape index (κ2) is 9.02. The summed E-state index contributed by atoms with van der Waals surface area (Å²) in [6.07, 6.45) is 2.06. The lowest BCUT2D eigenvalue weighted by Crippen LogP contribution is -2.09. The van der Waals surface area contributed by atoms with Crippen LogP contribution in [0, 0.1) is 0 Å². The van der Waals surface area contributed by atoms with E-state index in [0.29, 0.717) is 45.6 Å². The third kappa shape index (κ3) is 3.58. The van der Waals surface area contributed by atoms with E-state index >= 15 is 0 Å². The quantitative estimate of drug-likeness (QED) is 0.667. The first kappa shape index (κ1) is 20.2. The maximum Gasteiger partial charge on any atom is 0.211 e. The van der Waals surface area contributed by atoms with Crippen LogP contribution in [0.1, 0.15) is 17.0 Å². The van der Waals surface area contributed by atoms with E-state index in [1.54, 1.807) is 24.3 Å². The van der Waals surface area contributed by atoms with Crippen LogP contribution in [0.5, 0.6) is 34.5 Å². The van der Waals surface area contributed by atoms with Crippen molar-refractivity contribution in [1.29, 1.82) is 0 Å². The Labute approximate surface area is 158 Å². The Morgan fingerprint density at radius 2 is 0.963 bits per heavy atom. The lowest BCUT2D eigenvalue weighted by atomic mass is 9.90. The van der Waals surface area contributed by atoms with Gasteiger partial charge in [-0.3, -0.25) is 4.79 Å². The maximum absolute atomic E-state index is 12.0. The summed E-state index contributed by atoms with van der Waals surface area (Å²) in [4.78, 5) is 12.0. The SMILES string of the molecule is COc1ccc(C([C]=O)c2ccc(OC)c(OC)c2OC)c(OC)c1OC. The first-order valence-electron chi connectivity index (χ1n) is 8.07. The molecule has 0 saturated heterocycles. The fourth-order valence-corrected chi connectivity index (χ4v) is 3.00. The predicted octanol–water partition coefficient (Wildman–Crippen LogP) is 2.98. The van der Waals surface area contributed by atoms with Crippen LogP contribution in [-0.2, 0) is 4.79 Å². The van der Waals surface area contributed by atoms with Crippen molar-refractivity contribution in [2.24, 2.45) is 0 Å². The Kier molecular flexibility index (Phi) is 6.76. The molecule has 2 aromatic carbocycles. The van der Waals surface area contributed by atoms with Crippen LogP contribution in [0.4, 0.5) is 0 Å². The molecule has 2 rings (SSSR count). The van der Waals surface area contributed by atoms with Gasteiger partial charge < -0.3 is 28.4 Å². The number of benzene rings is 2. The van der Waals surface area contributed by atoms with Gasteiger partial charge in [-0.05, 0) is 12.1 Å². The van der Waals surface area contributed by atoms with Crippen LogP contribution in [-0.4, -0.2) is 48.9 Å². The topological polar surface area (TPSA) is 72.5 Å². The molecule has 0 aliphatic carbocycles. The monoisotopic (exact) mass is 375 g/mol. The third-order valence-electron chi connectivity index (χ3n) is 4.21. The minimum Gasteiger partial charge on any atom is -0.493 e. The molecule has 0 spiro atoms. The molecule has 0 heterocycles. The second-order valence-electron chi connectivity index (χ2n) is 5.40. The van der Waals surface area contributed by atoms with Gasteiger partial charge in [-0.1, -0.05) is 12.1 Å². The summed E-state index contributed by atoms with van der Waals surface area (Å²) in [5, 5.41) is 0. The molecule has 0 aliphatic heterocycles. The van der Waals surface area contributed by atoms with Crippen molar-refractivity contribution >= 4 is 6.29 Å². The summed E-state index contributed by atoms with van der Waals surface area (Å²) in [5.74, 6) is 1.69. The molecule has 0 N–H and O–H groups in total. The van der Waals surface area contributed by atoms with E-state index in [1.807, 2.05) is 0 Å². The second-order valence-corrected chi connectivity index (χ2v) is 5.40. The molecule has 0 aliphatic rings. The zero-order valence-corrected chi connectivity index (χ0v) is 16.2. The van der Waals surface area contributed by atoms with Crippen molar-refractivity contribution in [2.75, 3.05) is 42.7 Å². The van der Waals surface area contributed by atoms with E-state index in [2.05, 4.69) is 6.29 Å². The van der Waals surface area contributed by atoms with E-state index in [4.69, 9.17) is 28.4 Å². The molecule has 1 radical (unpaired) electrons. The summed E-state index contributed by atoms with van der Waals surface area (Å²) in [7, 11) is 9.04. The van der Waals surface area contributed by atoms with Gasteiger partial charge in [0, 0.05) is 11.1 Å². The summed E-state index contributed by atoms with van der Waals surface area (Å²) in [6.45, 7) is 0. The van der Waals surface area contributed by atoms with Crippen molar-refractivity contribution in [3.8, 4) is 34.5 Å². The molecule has 0 bridgehead atoms. The van der Waals surface area contributed by atoms with Crippen LogP contribution in [0.15, 0.2) is 24.3 Å². The molecular formula is C20H23O7. The molecule has 0 atom stereocenters. The highest BCUT2D eigenvalue weighted by Crippen LogP contribution is 2.48. The van der Waals surface area contributed by atoms with Crippen molar-refractivity contribution in [2.45, 2.75) is 5.92 Å². The number of hydrogen-bond acceptors (Lipinski definition) is 7. The number of methoxy groups -OCH3 is 6. The van der Waals surface area contributed by atoms with Gasteiger partial charge in [0.15, 0.2) is 23.0 Å². The Bertz CT molecular complexity index is 738. The van der Waals surface area contributed by atoms with Gasteiger partial charge in [-0.25, -0.2) is 0 Å². The van der Waals surface area contributed by atoms with Crippen LogP contribution in [0.25, 0.3) is 0 Å². The zero-order chi connectivity index (χ0) is 20.0. The standard InChI is InChI=1S/C20H23O7/c1-22-15-9-7-12(17(24-3)19(15)26-5)14(11-21)13-8-10-16(23-2)20(27-6)18(13)25-4/h7-10,14H,1-6H3. The van der Waals surface area contributed by atoms with Crippen molar-refractivity contribution in [3.05, 3.63) is 35.4 Å². The Morgan fingerprint density at radius 3 is 1.22 bits per heavy atom. The van der Waals surface area contributed by atoms with Crippen LogP contribution in [0.2, 0.25) is 0 Å². The van der Waals surface area contributed by atoms with E-state index in [1.165, 1.54) is 42.7 Å². The fourth-order valence-electron chi connectivity index (χ4n) is 3.00. The Hall–Kier alpha value is -3.09. The molecule has 0 aromatic heterocycles. The number of rotatable bonds is 9. The Balaban J connectivity index is 2.73. The van der Waals surface area contributed by atoms with Crippen LogP contribution in [0.3, 0.4) is 0 Å². The first-order chi connectivity index (χ1) is 13.1. The van der Waals surface area contributed by atoms with Gasteiger partial charge in [0.05, 0.1) is 48.6 Å². The molecule has 145 valence electrons. The minimum atomic E-state index is -0.811. The van der Waals surface area contributed by atoms with E-state index < -0.39 is 5.92 Å². The summed E-state index contributed by atoms with van der Waals surface area (Å²) >= 11 is 0. The minimum absolute atomic E-state index is 0.377. The summed E-state index contributed by atoms with van der Waals surface area (Å²) in [6, 6.07) is 6.86. The van der Waals surface area contributed by atoms with Crippen molar-refractivity contribution < 1.29 is 33.2 Å². The summed E-state index contributed by atoms with van der Waals surface area (Å²) < 4.78 is 32.4. The molecule has 2 aromatic rings. The van der Waals surface area contributed by atoms with Crippen molar-refractivity contribution in [1.82, 2.24) is 0 Å². The molecule has 7 nitrogen and oxygen atoms in total. The smallest absolute Gasteiger partial charge is 0.211 e. The van der Waals surface area contributed by atoms with Gasteiger partial charge in [-0.2, -0.15) is 0 Å². The first-order valence-corrected chi connectivity index (χ1v) is 8.07. The van der Waals surface area contributed by atoms with Gasteiger partial charge in [0.25, 0.3) is 0 Å². The van der Waals surface area contributed by atoms with Gasteiger partial charge in [0.1, 0.15) is 0 Å². The fraction of sp³-hybridized carbons (Fsp3) is 0.350. The Morgan fingerprint density at radius 1 is 0.593 bits per heavy atom. The molecule has 0 saturated carbocycles. The predicted molar refractivity (Wildman–Crippen MR) is 99.7 cm³/mol.